The van der Waals surface area contributed by atoms with E-state index in [4.69, 9.17) is 11.6 Å². The third kappa shape index (κ3) is 5.68. The van der Waals surface area contributed by atoms with Crippen LogP contribution < -0.4 is 10.6 Å². The average Bonchev–Trinajstić information content (AvgIpc) is 2.54. The van der Waals surface area contributed by atoms with E-state index in [0.717, 1.165) is 12.1 Å². The van der Waals surface area contributed by atoms with Gasteiger partial charge in [-0.05, 0) is 51.1 Å². The lowest BCUT2D eigenvalue weighted by Gasteiger charge is -2.20. The van der Waals surface area contributed by atoms with Crippen molar-refractivity contribution in [3.05, 3.63) is 58.4 Å². The second-order valence-corrected chi connectivity index (χ2v) is 7.19. The minimum atomic E-state index is -4.65. The summed E-state index contributed by atoms with van der Waals surface area (Å²) in [5, 5.41) is 4.60. The number of rotatable bonds is 3. The zero-order valence-electron chi connectivity index (χ0n) is 14.7. The molecule has 0 fully saturated rings. The number of anilines is 1. The molecule has 0 aliphatic rings. The molecule has 0 radical (unpaired) electrons. The Morgan fingerprint density at radius 2 is 1.70 bits per heavy atom. The van der Waals surface area contributed by atoms with Gasteiger partial charge in [-0.1, -0.05) is 11.6 Å². The molecular formula is C18H17ClF3N3O2. The first-order valence-corrected chi connectivity index (χ1v) is 8.21. The number of hydrogen-bond donors (Lipinski definition) is 2. The zero-order chi connectivity index (χ0) is 20.4. The Labute approximate surface area is 158 Å². The van der Waals surface area contributed by atoms with Gasteiger partial charge in [0, 0.05) is 23.0 Å². The lowest BCUT2D eigenvalue weighted by atomic mass is 10.1. The second kappa shape index (κ2) is 7.56. The van der Waals surface area contributed by atoms with Gasteiger partial charge in [-0.2, -0.15) is 13.2 Å². The minimum Gasteiger partial charge on any atom is -0.346 e. The molecule has 0 spiro atoms. The fourth-order valence-corrected chi connectivity index (χ4v) is 2.35. The van der Waals surface area contributed by atoms with Crippen LogP contribution >= 0.6 is 11.6 Å². The van der Waals surface area contributed by atoms with Crippen LogP contribution in [0.5, 0.6) is 0 Å². The van der Waals surface area contributed by atoms with Crippen molar-refractivity contribution >= 4 is 29.1 Å². The lowest BCUT2D eigenvalue weighted by Crippen LogP contribution is -2.41. The van der Waals surface area contributed by atoms with Gasteiger partial charge in [-0.15, -0.1) is 0 Å². The first-order valence-electron chi connectivity index (χ1n) is 7.83. The van der Waals surface area contributed by atoms with E-state index in [1.165, 1.54) is 24.4 Å². The molecular weight excluding hydrogens is 383 g/mol. The fourth-order valence-electron chi connectivity index (χ4n) is 2.12. The highest BCUT2D eigenvalue weighted by Crippen LogP contribution is 2.36. The van der Waals surface area contributed by atoms with E-state index in [9.17, 15) is 22.8 Å². The van der Waals surface area contributed by atoms with Crippen molar-refractivity contribution in [1.29, 1.82) is 0 Å². The molecule has 1 aromatic carbocycles. The normalized spacial score (nSPS) is 11.8. The summed E-state index contributed by atoms with van der Waals surface area (Å²) in [5.41, 5.74) is -1.53. The molecule has 0 aliphatic heterocycles. The first kappa shape index (κ1) is 20.7. The first-order chi connectivity index (χ1) is 12.4. The average molecular weight is 400 g/mol. The largest absolute Gasteiger partial charge is 0.417 e. The molecule has 0 unspecified atom stereocenters. The van der Waals surface area contributed by atoms with Gasteiger partial charge in [-0.3, -0.25) is 14.6 Å². The van der Waals surface area contributed by atoms with E-state index in [2.05, 4.69) is 15.6 Å². The highest BCUT2D eigenvalue weighted by atomic mass is 35.5. The van der Waals surface area contributed by atoms with Gasteiger partial charge in [0.1, 0.15) is 5.69 Å². The lowest BCUT2D eigenvalue weighted by molar-refractivity contribution is -0.137. The van der Waals surface area contributed by atoms with E-state index >= 15 is 0 Å². The summed E-state index contributed by atoms with van der Waals surface area (Å²) in [5.74, 6) is -1.15. The highest BCUT2D eigenvalue weighted by molar-refractivity contribution is 6.31. The van der Waals surface area contributed by atoms with E-state index < -0.39 is 34.1 Å². The third-order valence-corrected chi connectivity index (χ3v) is 3.60. The monoisotopic (exact) mass is 399 g/mol. The zero-order valence-corrected chi connectivity index (χ0v) is 15.5. The third-order valence-electron chi connectivity index (χ3n) is 3.27. The molecule has 1 aromatic heterocycles. The maximum atomic E-state index is 12.9. The maximum absolute atomic E-state index is 12.9. The van der Waals surface area contributed by atoms with Crippen LogP contribution in [0, 0.1) is 0 Å². The van der Waals surface area contributed by atoms with Gasteiger partial charge in [0.25, 0.3) is 11.8 Å². The van der Waals surface area contributed by atoms with Crippen molar-refractivity contribution in [3.63, 3.8) is 0 Å². The molecule has 0 saturated heterocycles. The predicted octanol–water partition coefficient (Wildman–Crippen LogP) is 4.53. The van der Waals surface area contributed by atoms with Crippen LogP contribution in [-0.2, 0) is 6.18 Å². The molecule has 0 atom stereocenters. The number of carbonyl (C=O) groups excluding carboxylic acids is 2. The van der Waals surface area contributed by atoms with E-state index in [-0.39, 0.29) is 16.9 Å². The van der Waals surface area contributed by atoms with Gasteiger partial charge in [0.2, 0.25) is 0 Å². The van der Waals surface area contributed by atoms with Crippen LogP contribution in [0.3, 0.4) is 0 Å². The number of alkyl halides is 3. The van der Waals surface area contributed by atoms with Crippen molar-refractivity contribution in [2.45, 2.75) is 32.5 Å². The molecule has 27 heavy (non-hydrogen) atoms. The standard InChI is InChI=1S/C18H17ClF3N3O2/c1-17(2,3)25-16(27)14-8-10(6-7-23-14)15(26)24-11-4-5-13(19)12(9-11)18(20,21)22/h4-9H,1-3H3,(H,24,26)(H,25,27). The van der Waals surface area contributed by atoms with E-state index in [0.29, 0.717) is 0 Å². The summed E-state index contributed by atoms with van der Waals surface area (Å²) in [6.07, 6.45) is -3.37. The number of amides is 2. The Kier molecular flexibility index (Phi) is 5.79. The van der Waals surface area contributed by atoms with Crippen molar-refractivity contribution in [3.8, 4) is 0 Å². The van der Waals surface area contributed by atoms with Crippen LogP contribution in [0.1, 0.15) is 47.2 Å². The quantitative estimate of drug-likeness (QED) is 0.796. The topological polar surface area (TPSA) is 71.1 Å². The molecule has 2 rings (SSSR count). The molecule has 0 bridgehead atoms. The van der Waals surface area contributed by atoms with Gasteiger partial charge in [0.15, 0.2) is 0 Å². The summed E-state index contributed by atoms with van der Waals surface area (Å²) in [6.45, 7) is 5.38. The molecule has 0 aliphatic carbocycles. The number of benzene rings is 1. The molecule has 2 N–H and O–H groups in total. The number of carbonyl (C=O) groups is 2. The maximum Gasteiger partial charge on any atom is 0.417 e. The van der Waals surface area contributed by atoms with Crippen LogP contribution in [0.2, 0.25) is 5.02 Å². The van der Waals surface area contributed by atoms with Crippen LogP contribution in [0.25, 0.3) is 0 Å². The molecule has 1 heterocycles. The molecule has 9 heteroatoms. The fraction of sp³-hybridized carbons (Fsp3) is 0.278. The van der Waals surface area contributed by atoms with Crippen LogP contribution in [0.15, 0.2) is 36.5 Å². The number of aromatic nitrogens is 1. The second-order valence-electron chi connectivity index (χ2n) is 6.78. The van der Waals surface area contributed by atoms with E-state index in [1.807, 2.05) is 0 Å². The summed E-state index contributed by atoms with van der Waals surface area (Å²) >= 11 is 5.56. The van der Waals surface area contributed by atoms with Crippen molar-refractivity contribution < 1.29 is 22.8 Å². The molecule has 0 saturated carbocycles. The number of pyridine rings is 1. The molecule has 2 amide bonds. The number of nitrogens with zero attached hydrogens (tertiary/aromatic N) is 1. The van der Waals surface area contributed by atoms with Gasteiger partial charge in [0.05, 0.1) is 10.6 Å². The van der Waals surface area contributed by atoms with Crippen LogP contribution in [0.4, 0.5) is 18.9 Å². The molecule has 2 aromatic rings. The molecule has 144 valence electrons. The van der Waals surface area contributed by atoms with Crippen molar-refractivity contribution in [2.24, 2.45) is 0 Å². The Bertz CT molecular complexity index is 877. The number of nitrogens with one attached hydrogen (secondary N) is 2. The summed E-state index contributed by atoms with van der Waals surface area (Å²) in [4.78, 5) is 28.4. The Hall–Kier alpha value is -2.61. The summed E-state index contributed by atoms with van der Waals surface area (Å²) < 4.78 is 38.7. The number of hydrogen-bond acceptors (Lipinski definition) is 3. The summed E-state index contributed by atoms with van der Waals surface area (Å²) in [7, 11) is 0. The van der Waals surface area contributed by atoms with Crippen molar-refractivity contribution in [1.82, 2.24) is 10.3 Å². The van der Waals surface area contributed by atoms with Crippen molar-refractivity contribution in [2.75, 3.05) is 5.32 Å². The molecule has 5 nitrogen and oxygen atoms in total. The van der Waals surface area contributed by atoms with Crippen LogP contribution in [-0.4, -0.2) is 22.3 Å². The summed E-state index contributed by atoms with van der Waals surface area (Å²) in [6, 6.07) is 5.66. The van der Waals surface area contributed by atoms with Gasteiger partial charge < -0.3 is 10.6 Å². The minimum absolute atomic E-state index is 0.0182. The Morgan fingerprint density at radius 1 is 1.04 bits per heavy atom. The Balaban J connectivity index is 2.22. The smallest absolute Gasteiger partial charge is 0.346 e. The van der Waals surface area contributed by atoms with Gasteiger partial charge in [-0.25, -0.2) is 0 Å². The SMILES string of the molecule is CC(C)(C)NC(=O)c1cc(C(=O)Nc2ccc(Cl)c(C(F)(F)F)c2)ccn1. The predicted molar refractivity (Wildman–Crippen MR) is 95.9 cm³/mol. The Morgan fingerprint density at radius 3 is 2.30 bits per heavy atom. The highest BCUT2D eigenvalue weighted by Gasteiger charge is 2.33. The van der Waals surface area contributed by atoms with Gasteiger partial charge >= 0.3 is 6.18 Å². The number of halogens is 4. The van der Waals surface area contributed by atoms with E-state index in [1.54, 1.807) is 20.8 Å².